The van der Waals surface area contributed by atoms with E-state index in [2.05, 4.69) is 54.3 Å². The van der Waals surface area contributed by atoms with Crippen LogP contribution in [0.25, 0.3) is 10.8 Å². The maximum Gasteiger partial charge on any atom is 0.159 e. The van der Waals surface area contributed by atoms with E-state index in [0.29, 0.717) is 0 Å². The Morgan fingerprint density at radius 3 is 2.62 bits per heavy atom. The quantitative estimate of drug-likeness (QED) is 0.833. The Morgan fingerprint density at radius 1 is 1.05 bits per heavy atom. The summed E-state index contributed by atoms with van der Waals surface area (Å²) in [5, 5.41) is 2.60. The number of nitrogens with zero attached hydrogens (tertiary/aromatic N) is 1. The van der Waals surface area contributed by atoms with Crippen LogP contribution in [0.4, 0.5) is 5.69 Å². The molecule has 1 aliphatic heterocycles. The average Bonchev–Trinajstić information content (AvgIpc) is 2.56. The highest BCUT2D eigenvalue weighted by molar-refractivity contribution is 5.94. The second kappa shape index (κ2) is 6.92. The first kappa shape index (κ1) is 14.4. The third-order valence-electron chi connectivity index (χ3n) is 4.02. The number of benzene rings is 2. The van der Waals surface area contributed by atoms with Crippen molar-refractivity contribution in [3.8, 4) is 0 Å². The van der Waals surface area contributed by atoms with Crippen LogP contribution in [0.15, 0.2) is 42.5 Å². The zero-order chi connectivity index (χ0) is 14.5. The van der Waals surface area contributed by atoms with Gasteiger partial charge in [0.2, 0.25) is 0 Å². The first-order valence-electron chi connectivity index (χ1n) is 7.84. The van der Waals surface area contributed by atoms with E-state index in [0.717, 1.165) is 39.1 Å². The SMILES string of the molecule is CCN(CCC1OCCCO1)c1cccc2ccccc12. The largest absolute Gasteiger partial charge is 0.371 e. The van der Waals surface area contributed by atoms with Crippen molar-refractivity contribution in [2.75, 3.05) is 31.2 Å². The summed E-state index contributed by atoms with van der Waals surface area (Å²) in [6.45, 7) is 5.79. The molecule has 21 heavy (non-hydrogen) atoms. The number of fused-ring (bicyclic) bond motifs is 1. The van der Waals surface area contributed by atoms with Crippen LogP contribution in [0, 0.1) is 0 Å². The highest BCUT2D eigenvalue weighted by Gasteiger charge is 2.16. The van der Waals surface area contributed by atoms with Crippen LogP contribution in [-0.4, -0.2) is 32.6 Å². The molecule has 0 bridgehead atoms. The molecule has 0 atom stereocenters. The highest BCUT2D eigenvalue weighted by Crippen LogP contribution is 2.27. The van der Waals surface area contributed by atoms with Gasteiger partial charge in [-0.3, -0.25) is 0 Å². The van der Waals surface area contributed by atoms with Gasteiger partial charge in [-0.05, 0) is 24.8 Å². The maximum atomic E-state index is 5.65. The fourth-order valence-corrected chi connectivity index (χ4v) is 2.90. The van der Waals surface area contributed by atoms with Crippen LogP contribution in [0.1, 0.15) is 19.8 Å². The zero-order valence-electron chi connectivity index (χ0n) is 12.6. The van der Waals surface area contributed by atoms with E-state index < -0.39 is 0 Å². The Balaban J connectivity index is 1.75. The van der Waals surface area contributed by atoms with Crippen molar-refractivity contribution in [2.45, 2.75) is 26.1 Å². The number of rotatable bonds is 5. The number of anilines is 1. The fraction of sp³-hybridized carbons (Fsp3) is 0.444. The summed E-state index contributed by atoms with van der Waals surface area (Å²) < 4.78 is 11.3. The van der Waals surface area contributed by atoms with E-state index in [4.69, 9.17) is 9.47 Å². The molecule has 2 aromatic rings. The Bertz CT molecular complexity index is 573. The lowest BCUT2D eigenvalue weighted by atomic mass is 10.1. The molecule has 0 spiro atoms. The predicted octanol–water partition coefficient (Wildman–Crippen LogP) is 3.82. The van der Waals surface area contributed by atoms with Crippen molar-refractivity contribution in [1.82, 2.24) is 0 Å². The lowest BCUT2D eigenvalue weighted by Gasteiger charge is -2.28. The zero-order valence-corrected chi connectivity index (χ0v) is 12.6. The molecule has 1 fully saturated rings. The van der Waals surface area contributed by atoms with Gasteiger partial charge >= 0.3 is 0 Å². The van der Waals surface area contributed by atoms with Gasteiger partial charge in [0.05, 0.1) is 13.2 Å². The molecule has 1 heterocycles. The molecule has 0 aromatic heterocycles. The van der Waals surface area contributed by atoms with Crippen molar-refractivity contribution in [3.05, 3.63) is 42.5 Å². The second-order valence-electron chi connectivity index (χ2n) is 5.39. The number of ether oxygens (including phenoxy) is 2. The third kappa shape index (κ3) is 3.36. The van der Waals surface area contributed by atoms with Crippen LogP contribution in [-0.2, 0) is 9.47 Å². The Labute approximate surface area is 126 Å². The molecule has 0 N–H and O–H groups in total. The summed E-state index contributed by atoms with van der Waals surface area (Å²) in [6, 6.07) is 15.1. The molecule has 0 aliphatic carbocycles. The molecule has 0 amide bonds. The van der Waals surface area contributed by atoms with Gasteiger partial charge < -0.3 is 14.4 Å². The van der Waals surface area contributed by atoms with Gasteiger partial charge in [0.25, 0.3) is 0 Å². The Hall–Kier alpha value is -1.58. The molecule has 0 radical (unpaired) electrons. The predicted molar refractivity (Wildman–Crippen MR) is 86.8 cm³/mol. The van der Waals surface area contributed by atoms with Gasteiger partial charge in [0, 0.05) is 30.6 Å². The summed E-state index contributed by atoms with van der Waals surface area (Å²) in [5.41, 5.74) is 1.30. The van der Waals surface area contributed by atoms with Crippen molar-refractivity contribution < 1.29 is 9.47 Å². The van der Waals surface area contributed by atoms with E-state index in [1.165, 1.54) is 16.5 Å². The van der Waals surface area contributed by atoms with E-state index in [1.807, 2.05) is 0 Å². The van der Waals surface area contributed by atoms with Gasteiger partial charge in [-0.25, -0.2) is 0 Å². The van der Waals surface area contributed by atoms with E-state index >= 15 is 0 Å². The maximum absolute atomic E-state index is 5.65. The lowest BCUT2D eigenvalue weighted by Crippen LogP contribution is -2.31. The van der Waals surface area contributed by atoms with Crippen molar-refractivity contribution in [1.29, 1.82) is 0 Å². The number of hydrogen-bond donors (Lipinski definition) is 0. The molecule has 3 rings (SSSR count). The molecule has 1 aliphatic rings. The molecule has 0 unspecified atom stereocenters. The normalized spacial score (nSPS) is 16.2. The van der Waals surface area contributed by atoms with Gasteiger partial charge in [0.1, 0.15) is 0 Å². The van der Waals surface area contributed by atoms with Gasteiger partial charge in [0.15, 0.2) is 6.29 Å². The van der Waals surface area contributed by atoms with Crippen molar-refractivity contribution in [3.63, 3.8) is 0 Å². The standard InChI is InChI=1S/C18H23NO2/c1-2-19(12-11-18-20-13-6-14-21-18)17-10-5-8-15-7-3-4-9-16(15)17/h3-5,7-10,18H,2,6,11-14H2,1H3. The van der Waals surface area contributed by atoms with Crippen LogP contribution in [0.2, 0.25) is 0 Å². The summed E-state index contributed by atoms with van der Waals surface area (Å²) >= 11 is 0. The minimum atomic E-state index is -0.0391. The average molecular weight is 285 g/mol. The number of hydrogen-bond acceptors (Lipinski definition) is 3. The first-order valence-corrected chi connectivity index (χ1v) is 7.84. The molecular formula is C18H23NO2. The Morgan fingerprint density at radius 2 is 1.81 bits per heavy atom. The van der Waals surface area contributed by atoms with E-state index in [-0.39, 0.29) is 6.29 Å². The summed E-state index contributed by atoms with van der Waals surface area (Å²) in [6.07, 6.45) is 1.89. The third-order valence-corrected chi connectivity index (χ3v) is 4.02. The first-order chi connectivity index (χ1) is 10.4. The van der Waals surface area contributed by atoms with Gasteiger partial charge in [-0.2, -0.15) is 0 Å². The van der Waals surface area contributed by atoms with E-state index in [1.54, 1.807) is 0 Å². The van der Waals surface area contributed by atoms with Crippen molar-refractivity contribution >= 4 is 16.5 Å². The van der Waals surface area contributed by atoms with Crippen LogP contribution >= 0.6 is 0 Å². The van der Waals surface area contributed by atoms with Crippen LogP contribution in [0.5, 0.6) is 0 Å². The lowest BCUT2D eigenvalue weighted by molar-refractivity contribution is -0.179. The highest BCUT2D eigenvalue weighted by atomic mass is 16.7. The molecular weight excluding hydrogens is 262 g/mol. The molecule has 0 saturated carbocycles. The van der Waals surface area contributed by atoms with E-state index in [9.17, 15) is 0 Å². The topological polar surface area (TPSA) is 21.7 Å². The minimum absolute atomic E-state index is 0.0391. The molecule has 1 saturated heterocycles. The van der Waals surface area contributed by atoms with Crippen LogP contribution in [0.3, 0.4) is 0 Å². The van der Waals surface area contributed by atoms with Gasteiger partial charge in [-0.15, -0.1) is 0 Å². The summed E-state index contributed by atoms with van der Waals surface area (Å²) in [4.78, 5) is 2.41. The fourth-order valence-electron chi connectivity index (χ4n) is 2.90. The van der Waals surface area contributed by atoms with Crippen LogP contribution < -0.4 is 4.90 Å². The molecule has 2 aromatic carbocycles. The van der Waals surface area contributed by atoms with Gasteiger partial charge in [-0.1, -0.05) is 36.4 Å². The Kier molecular flexibility index (Phi) is 4.73. The smallest absolute Gasteiger partial charge is 0.159 e. The molecule has 3 heteroatoms. The van der Waals surface area contributed by atoms with Crippen molar-refractivity contribution in [2.24, 2.45) is 0 Å². The molecule has 3 nitrogen and oxygen atoms in total. The monoisotopic (exact) mass is 285 g/mol. The summed E-state index contributed by atoms with van der Waals surface area (Å²) in [5.74, 6) is 0. The summed E-state index contributed by atoms with van der Waals surface area (Å²) in [7, 11) is 0. The molecule has 112 valence electrons. The second-order valence-corrected chi connectivity index (χ2v) is 5.39. The minimum Gasteiger partial charge on any atom is -0.371 e.